The highest BCUT2D eigenvalue weighted by Gasteiger charge is 2.14. The van der Waals surface area contributed by atoms with Gasteiger partial charge in [0.2, 0.25) is 10.0 Å². The second kappa shape index (κ2) is 6.17. The van der Waals surface area contributed by atoms with E-state index in [0.717, 1.165) is 0 Å². The Bertz CT molecular complexity index is 638. The second-order valence-electron chi connectivity index (χ2n) is 4.95. The van der Waals surface area contributed by atoms with Gasteiger partial charge in [-0.2, -0.15) is 0 Å². The summed E-state index contributed by atoms with van der Waals surface area (Å²) >= 11 is 0. The molecule has 21 heavy (non-hydrogen) atoms. The Hall–Kier alpha value is -2.02. The fraction of sp³-hybridized carbons (Fsp3) is 0.357. The van der Waals surface area contributed by atoms with Crippen molar-refractivity contribution in [1.82, 2.24) is 9.80 Å². The lowest BCUT2D eigenvalue weighted by Gasteiger charge is -2.17. The number of anilines is 1. The van der Waals surface area contributed by atoms with Gasteiger partial charge in [0.1, 0.15) is 0 Å². The topological polar surface area (TPSA) is 69.7 Å². The summed E-state index contributed by atoms with van der Waals surface area (Å²) in [5.74, 6) is 0.0162. The molecule has 0 aromatic heterocycles. The van der Waals surface area contributed by atoms with E-state index in [2.05, 4.69) is 4.72 Å². The predicted molar refractivity (Wildman–Crippen MR) is 82.3 cm³/mol. The lowest BCUT2D eigenvalue weighted by Crippen LogP contribution is -2.28. The van der Waals surface area contributed by atoms with Gasteiger partial charge in [0.05, 0.1) is 19.0 Å². The van der Waals surface area contributed by atoms with Crippen molar-refractivity contribution in [3.05, 3.63) is 42.2 Å². The second-order valence-corrected chi connectivity index (χ2v) is 6.96. The van der Waals surface area contributed by atoms with E-state index in [-0.39, 0.29) is 11.5 Å². The Kier molecular flexibility index (Phi) is 4.52. The van der Waals surface area contributed by atoms with Crippen LogP contribution >= 0.6 is 0 Å². The summed E-state index contributed by atoms with van der Waals surface area (Å²) in [6.07, 6.45) is 3.79. The highest BCUT2D eigenvalue weighted by atomic mass is 32.2. The van der Waals surface area contributed by atoms with E-state index < -0.39 is 10.0 Å². The van der Waals surface area contributed by atoms with E-state index in [4.69, 9.17) is 0 Å². The predicted octanol–water partition coefficient (Wildman–Crippen LogP) is 1.31. The van der Waals surface area contributed by atoms with Crippen LogP contribution in [0.4, 0.5) is 5.69 Å². The van der Waals surface area contributed by atoms with Gasteiger partial charge in [-0.05, 0) is 31.2 Å². The molecular weight excluding hydrogens is 290 g/mol. The molecule has 1 heterocycles. The number of Topliss-reactive ketones (excluding diaryl/α,β-unsaturated/α-hetero) is 1. The van der Waals surface area contributed by atoms with E-state index >= 15 is 0 Å². The Morgan fingerprint density at radius 3 is 2.43 bits per heavy atom. The van der Waals surface area contributed by atoms with E-state index in [1.165, 1.54) is 0 Å². The summed E-state index contributed by atoms with van der Waals surface area (Å²) in [7, 11) is -1.35. The van der Waals surface area contributed by atoms with E-state index in [9.17, 15) is 13.2 Å². The summed E-state index contributed by atoms with van der Waals surface area (Å²) in [4.78, 5) is 16.0. The van der Waals surface area contributed by atoms with Crippen LogP contribution in [0.2, 0.25) is 0 Å². The number of hydrogen-bond acceptors (Lipinski definition) is 5. The number of nitrogens with zero attached hydrogens (tertiary/aromatic N) is 2. The van der Waals surface area contributed by atoms with Crippen LogP contribution in [0.15, 0.2) is 36.7 Å². The Labute approximate surface area is 125 Å². The maximum absolute atomic E-state index is 12.1. The van der Waals surface area contributed by atoms with Gasteiger partial charge in [0.15, 0.2) is 5.78 Å². The molecule has 1 aromatic rings. The van der Waals surface area contributed by atoms with Gasteiger partial charge in [-0.25, -0.2) is 8.42 Å². The van der Waals surface area contributed by atoms with E-state index in [1.54, 1.807) is 31.2 Å². The van der Waals surface area contributed by atoms with Gasteiger partial charge in [0.25, 0.3) is 0 Å². The van der Waals surface area contributed by atoms with Gasteiger partial charge >= 0.3 is 0 Å². The largest absolute Gasteiger partial charge is 0.362 e. The minimum Gasteiger partial charge on any atom is -0.362 e. The van der Waals surface area contributed by atoms with Crippen molar-refractivity contribution in [3.8, 4) is 0 Å². The number of ketones is 1. The summed E-state index contributed by atoms with van der Waals surface area (Å²) in [5, 5.41) is 0. The van der Waals surface area contributed by atoms with Crippen molar-refractivity contribution in [3.63, 3.8) is 0 Å². The molecule has 6 nitrogen and oxygen atoms in total. The minimum atomic E-state index is -3.29. The third-order valence-electron chi connectivity index (χ3n) is 3.14. The van der Waals surface area contributed by atoms with Gasteiger partial charge < -0.3 is 9.80 Å². The van der Waals surface area contributed by atoms with Crippen LogP contribution in [0.5, 0.6) is 0 Å². The molecule has 0 saturated heterocycles. The molecule has 1 aliphatic rings. The number of carbonyl (C=O) groups excluding carboxylic acids is 1. The lowest BCUT2D eigenvalue weighted by atomic mass is 10.1. The average molecular weight is 309 g/mol. The Balaban J connectivity index is 1.98. The fourth-order valence-electron chi connectivity index (χ4n) is 1.94. The van der Waals surface area contributed by atoms with Crippen LogP contribution < -0.4 is 4.72 Å². The Morgan fingerprint density at radius 2 is 1.90 bits per heavy atom. The van der Waals surface area contributed by atoms with Gasteiger partial charge in [0, 0.05) is 30.7 Å². The molecule has 0 radical (unpaired) electrons. The summed E-state index contributed by atoms with van der Waals surface area (Å²) in [6, 6.07) is 6.48. The summed E-state index contributed by atoms with van der Waals surface area (Å²) in [6.45, 7) is 2.57. The highest BCUT2D eigenvalue weighted by molar-refractivity contribution is 7.92. The molecule has 0 saturated carbocycles. The van der Waals surface area contributed by atoms with Crippen LogP contribution in [0.1, 0.15) is 17.3 Å². The normalized spacial score (nSPS) is 14.6. The first-order valence-electron chi connectivity index (χ1n) is 6.66. The SMILES string of the molecule is CCS(=O)(=O)Nc1ccc(C(=O)CN2C=CN(C)C2)cc1. The van der Waals surface area contributed by atoms with Gasteiger partial charge in [-0.15, -0.1) is 0 Å². The molecule has 1 N–H and O–H groups in total. The van der Waals surface area contributed by atoms with Crippen LogP contribution in [0.25, 0.3) is 0 Å². The van der Waals surface area contributed by atoms with Crippen molar-refractivity contribution < 1.29 is 13.2 Å². The fourth-order valence-corrected chi connectivity index (χ4v) is 2.58. The molecule has 0 atom stereocenters. The van der Waals surface area contributed by atoms with Crippen LogP contribution in [0.3, 0.4) is 0 Å². The molecular formula is C14H19N3O3S. The quantitative estimate of drug-likeness (QED) is 0.802. The summed E-state index contributed by atoms with van der Waals surface area (Å²) < 4.78 is 25.3. The number of carbonyl (C=O) groups is 1. The molecule has 1 aromatic carbocycles. The third-order valence-corrected chi connectivity index (χ3v) is 4.45. The molecule has 0 fully saturated rings. The van der Waals surface area contributed by atoms with E-state index in [1.807, 2.05) is 29.2 Å². The zero-order valence-electron chi connectivity index (χ0n) is 12.1. The van der Waals surface area contributed by atoms with Crippen molar-refractivity contribution in [2.75, 3.05) is 30.7 Å². The smallest absolute Gasteiger partial charge is 0.232 e. The number of rotatable bonds is 6. The number of nitrogens with one attached hydrogen (secondary N) is 1. The molecule has 0 unspecified atom stereocenters. The molecule has 2 rings (SSSR count). The molecule has 114 valence electrons. The van der Waals surface area contributed by atoms with Crippen molar-refractivity contribution >= 4 is 21.5 Å². The van der Waals surface area contributed by atoms with Gasteiger partial charge in [-0.1, -0.05) is 0 Å². The monoisotopic (exact) mass is 309 g/mol. The number of sulfonamides is 1. The molecule has 0 bridgehead atoms. The van der Waals surface area contributed by atoms with Crippen LogP contribution in [-0.2, 0) is 10.0 Å². The Morgan fingerprint density at radius 1 is 1.24 bits per heavy atom. The van der Waals surface area contributed by atoms with E-state index in [0.29, 0.717) is 24.5 Å². The lowest BCUT2D eigenvalue weighted by molar-refractivity contribution is 0.0948. The van der Waals surface area contributed by atoms with Crippen molar-refractivity contribution in [1.29, 1.82) is 0 Å². The minimum absolute atomic E-state index is 0.000140. The average Bonchev–Trinajstić information content (AvgIpc) is 2.84. The molecule has 0 amide bonds. The number of benzene rings is 1. The first-order valence-corrected chi connectivity index (χ1v) is 8.31. The highest BCUT2D eigenvalue weighted by Crippen LogP contribution is 2.13. The number of hydrogen-bond donors (Lipinski definition) is 1. The zero-order valence-corrected chi connectivity index (χ0v) is 12.9. The first kappa shape index (κ1) is 15.4. The first-order chi connectivity index (χ1) is 9.89. The van der Waals surface area contributed by atoms with Crippen LogP contribution in [-0.4, -0.2) is 50.0 Å². The molecule has 1 aliphatic heterocycles. The van der Waals surface area contributed by atoms with Crippen LogP contribution in [0, 0.1) is 0 Å². The summed E-state index contributed by atoms with van der Waals surface area (Å²) in [5.41, 5.74) is 1.03. The van der Waals surface area contributed by atoms with Gasteiger partial charge in [-0.3, -0.25) is 9.52 Å². The molecule has 0 aliphatic carbocycles. The van der Waals surface area contributed by atoms with Crippen molar-refractivity contribution in [2.24, 2.45) is 0 Å². The molecule has 7 heteroatoms. The zero-order chi connectivity index (χ0) is 15.5. The van der Waals surface area contributed by atoms with Crippen molar-refractivity contribution in [2.45, 2.75) is 6.92 Å². The molecule has 0 spiro atoms. The standard InChI is InChI=1S/C14H19N3O3S/c1-3-21(19,20)15-13-6-4-12(5-7-13)14(18)10-17-9-8-16(2)11-17/h4-9,15H,3,10-11H2,1-2H3. The maximum Gasteiger partial charge on any atom is 0.232 e. The third kappa shape index (κ3) is 4.22. The maximum atomic E-state index is 12.1.